The Morgan fingerprint density at radius 3 is 2.83 bits per heavy atom. The van der Waals surface area contributed by atoms with E-state index in [1.807, 2.05) is 16.8 Å². The van der Waals surface area contributed by atoms with Gasteiger partial charge >= 0.3 is 0 Å². The number of halogens is 1. The molecule has 1 aromatic heterocycles. The maximum Gasteiger partial charge on any atom is 0.240 e. The molecule has 0 unspecified atom stereocenters. The topological polar surface area (TPSA) is 75.6 Å². The molecule has 0 saturated carbocycles. The zero-order valence-electron chi connectivity index (χ0n) is 12.5. The second-order valence-corrected chi connectivity index (χ2v) is 7.78. The molecule has 0 amide bonds. The third kappa shape index (κ3) is 4.76. The highest BCUT2D eigenvalue weighted by molar-refractivity contribution is 7.89. The predicted molar refractivity (Wildman–Crippen MR) is 91.5 cm³/mol. The lowest BCUT2D eigenvalue weighted by Crippen LogP contribution is -2.30. The average molecular weight is 376 g/mol. The molecule has 8 heteroatoms. The molecule has 2 aromatic rings. The number of hydrogen-bond donors (Lipinski definition) is 2. The van der Waals surface area contributed by atoms with Crippen molar-refractivity contribution < 1.29 is 18.3 Å². The minimum Gasteiger partial charge on any atom is -0.394 e. The first kappa shape index (κ1) is 18.4. The van der Waals surface area contributed by atoms with Gasteiger partial charge in [-0.2, -0.15) is 11.3 Å². The number of sulfonamides is 1. The number of benzene rings is 1. The monoisotopic (exact) mass is 375 g/mol. The van der Waals surface area contributed by atoms with Crippen LogP contribution in [0.25, 0.3) is 0 Å². The zero-order valence-corrected chi connectivity index (χ0v) is 14.9. The summed E-state index contributed by atoms with van der Waals surface area (Å²) < 4.78 is 33.0. The number of nitrogens with one attached hydrogen (secondary N) is 1. The number of aliphatic hydroxyl groups is 1. The van der Waals surface area contributed by atoms with E-state index in [1.165, 1.54) is 17.4 Å². The summed E-state index contributed by atoms with van der Waals surface area (Å²) in [6.45, 7) is 1.75. The third-order valence-corrected chi connectivity index (χ3v) is 5.97. The van der Waals surface area contributed by atoms with Crippen molar-refractivity contribution in [1.82, 2.24) is 4.72 Å². The number of aliphatic hydroxyl groups excluding tert-OH is 1. The molecule has 0 radical (unpaired) electrons. The van der Waals surface area contributed by atoms with E-state index in [2.05, 4.69) is 4.72 Å². The van der Waals surface area contributed by atoms with Gasteiger partial charge in [0.15, 0.2) is 0 Å². The smallest absolute Gasteiger partial charge is 0.240 e. The molecule has 0 saturated heterocycles. The van der Waals surface area contributed by atoms with E-state index in [-0.39, 0.29) is 24.7 Å². The molecular formula is C15H18ClNO4S2. The quantitative estimate of drug-likeness (QED) is 0.743. The Morgan fingerprint density at radius 2 is 2.17 bits per heavy atom. The van der Waals surface area contributed by atoms with Crippen LogP contribution in [0.3, 0.4) is 0 Å². The van der Waals surface area contributed by atoms with Gasteiger partial charge in [-0.15, -0.1) is 0 Å². The van der Waals surface area contributed by atoms with Crippen molar-refractivity contribution in [2.45, 2.75) is 17.9 Å². The molecule has 126 valence electrons. The van der Waals surface area contributed by atoms with E-state index in [9.17, 15) is 8.42 Å². The summed E-state index contributed by atoms with van der Waals surface area (Å²) in [6.07, 6.45) is -0.456. The zero-order chi connectivity index (χ0) is 16.9. The Balaban J connectivity index is 2.14. The van der Waals surface area contributed by atoms with Crippen LogP contribution >= 0.6 is 22.9 Å². The van der Waals surface area contributed by atoms with E-state index in [0.717, 1.165) is 5.56 Å². The molecule has 0 bridgehead atoms. The highest BCUT2D eigenvalue weighted by Gasteiger charge is 2.21. The highest BCUT2D eigenvalue weighted by atomic mass is 35.5. The predicted octanol–water partition coefficient (Wildman–Crippen LogP) is 2.74. The lowest BCUT2D eigenvalue weighted by atomic mass is 10.2. The molecule has 0 fully saturated rings. The Morgan fingerprint density at radius 1 is 1.39 bits per heavy atom. The van der Waals surface area contributed by atoms with Gasteiger partial charge in [0.05, 0.1) is 24.2 Å². The van der Waals surface area contributed by atoms with Crippen LogP contribution in [0.4, 0.5) is 0 Å². The molecular weight excluding hydrogens is 358 g/mol. The summed E-state index contributed by atoms with van der Waals surface area (Å²) in [5.74, 6) is 0. The van der Waals surface area contributed by atoms with Crippen molar-refractivity contribution >= 4 is 33.0 Å². The first-order chi connectivity index (χ1) is 11.0. The van der Waals surface area contributed by atoms with Gasteiger partial charge in [-0.3, -0.25) is 0 Å². The lowest BCUT2D eigenvalue weighted by Gasteiger charge is -2.18. The second kappa shape index (κ2) is 8.23. The molecule has 0 aliphatic heterocycles. The summed E-state index contributed by atoms with van der Waals surface area (Å²) in [7, 11) is -3.70. The van der Waals surface area contributed by atoms with Crippen LogP contribution in [0.5, 0.6) is 0 Å². The number of rotatable bonds is 8. The Hall–Kier alpha value is -0.960. The molecule has 0 aliphatic carbocycles. The van der Waals surface area contributed by atoms with E-state index in [4.69, 9.17) is 21.4 Å². The Bertz CT molecular complexity index is 732. The molecule has 1 atom stereocenters. The molecule has 23 heavy (non-hydrogen) atoms. The summed E-state index contributed by atoms with van der Waals surface area (Å²) in [6, 6.07) is 6.63. The molecule has 0 spiro atoms. The first-order valence-corrected chi connectivity index (χ1v) is 9.75. The number of ether oxygens (including phenoxy) is 1. The number of thiophene rings is 1. The molecule has 1 aromatic carbocycles. The maximum atomic E-state index is 12.5. The summed E-state index contributed by atoms with van der Waals surface area (Å²) in [5, 5.41) is 13.1. The van der Waals surface area contributed by atoms with Crippen molar-refractivity contribution in [1.29, 1.82) is 0 Å². The van der Waals surface area contributed by atoms with E-state index in [0.29, 0.717) is 10.6 Å². The standard InChI is InChI=1S/C15H18ClNO4S2/c1-11-13(16)3-2-4-15(11)23(19,20)17-9-14(21-7-6-18)12-5-8-22-10-12/h2-5,8,10,14,17-18H,6-7,9H2,1H3/t14-/m0/s1. The molecule has 2 rings (SSSR count). The van der Waals surface area contributed by atoms with Gasteiger partial charge in [-0.25, -0.2) is 13.1 Å². The van der Waals surface area contributed by atoms with Crippen LogP contribution < -0.4 is 4.72 Å². The van der Waals surface area contributed by atoms with Gasteiger partial charge in [0.1, 0.15) is 0 Å². The number of hydrogen-bond acceptors (Lipinski definition) is 5. The average Bonchev–Trinajstić information content (AvgIpc) is 3.04. The van der Waals surface area contributed by atoms with Crippen LogP contribution in [-0.2, 0) is 14.8 Å². The minimum absolute atomic E-state index is 0.0744. The maximum absolute atomic E-state index is 12.5. The second-order valence-electron chi connectivity index (χ2n) is 4.85. The molecule has 1 heterocycles. The fourth-order valence-electron chi connectivity index (χ4n) is 2.07. The largest absolute Gasteiger partial charge is 0.394 e. The van der Waals surface area contributed by atoms with Crippen molar-refractivity contribution in [2.75, 3.05) is 19.8 Å². The van der Waals surface area contributed by atoms with E-state index < -0.39 is 16.1 Å². The van der Waals surface area contributed by atoms with Crippen molar-refractivity contribution in [2.24, 2.45) is 0 Å². The van der Waals surface area contributed by atoms with Gasteiger partial charge < -0.3 is 9.84 Å². The normalized spacial score (nSPS) is 13.2. The van der Waals surface area contributed by atoms with Gasteiger partial charge in [0, 0.05) is 11.6 Å². The summed E-state index contributed by atoms with van der Waals surface area (Å²) in [5.41, 5.74) is 1.37. The van der Waals surface area contributed by atoms with Crippen LogP contribution in [0.15, 0.2) is 39.9 Å². The fraction of sp³-hybridized carbons (Fsp3) is 0.333. The fourth-order valence-corrected chi connectivity index (χ4v) is 4.30. The molecule has 2 N–H and O–H groups in total. The summed E-state index contributed by atoms with van der Waals surface area (Å²) in [4.78, 5) is 0.149. The highest BCUT2D eigenvalue weighted by Crippen LogP contribution is 2.24. The van der Waals surface area contributed by atoms with Gasteiger partial charge in [0.25, 0.3) is 0 Å². The van der Waals surface area contributed by atoms with Crippen LogP contribution in [-0.4, -0.2) is 33.3 Å². The SMILES string of the molecule is Cc1c(Cl)cccc1S(=O)(=O)NC[C@H](OCCO)c1ccsc1. The Labute approximate surface area is 144 Å². The molecule has 0 aliphatic rings. The Kier molecular flexibility index (Phi) is 6.58. The van der Waals surface area contributed by atoms with Gasteiger partial charge in [0.2, 0.25) is 10.0 Å². The lowest BCUT2D eigenvalue weighted by molar-refractivity contribution is 0.0311. The van der Waals surface area contributed by atoms with Crippen LogP contribution in [0.1, 0.15) is 17.2 Å². The van der Waals surface area contributed by atoms with E-state index >= 15 is 0 Å². The summed E-state index contributed by atoms with van der Waals surface area (Å²) >= 11 is 7.49. The third-order valence-electron chi connectivity index (χ3n) is 3.29. The first-order valence-electron chi connectivity index (χ1n) is 6.95. The van der Waals surface area contributed by atoms with Gasteiger partial charge in [-0.1, -0.05) is 17.7 Å². The van der Waals surface area contributed by atoms with Crippen molar-refractivity contribution in [3.8, 4) is 0 Å². The van der Waals surface area contributed by atoms with Gasteiger partial charge in [-0.05, 0) is 47.0 Å². The van der Waals surface area contributed by atoms with Crippen molar-refractivity contribution in [3.63, 3.8) is 0 Å². The van der Waals surface area contributed by atoms with Crippen LogP contribution in [0, 0.1) is 6.92 Å². The molecule has 5 nitrogen and oxygen atoms in total. The minimum atomic E-state index is -3.70. The van der Waals surface area contributed by atoms with Crippen LogP contribution in [0.2, 0.25) is 5.02 Å². The van der Waals surface area contributed by atoms with E-state index in [1.54, 1.807) is 19.1 Å². The van der Waals surface area contributed by atoms with Crippen molar-refractivity contribution in [3.05, 3.63) is 51.2 Å².